The Morgan fingerprint density at radius 3 is 2.65 bits per heavy atom. The molecule has 0 saturated heterocycles. The SMILES string of the molecule is O=C(NC1CC(NCCOCC(F)F)C1)OCc1ccccc1. The molecule has 0 radical (unpaired) electrons. The van der Waals surface area contributed by atoms with Crippen LogP contribution >= 0.6 is 0 Å². The van der Waals surface area contributed by atoms with E-state index in [4.69, 9.17) is 9.47 Å². The molecule has 2 rings (SSSR count). The van der Waals surface area contributed by atoms with E-state index in [0.29, 0.717) is 6.54 Å². The Kier molecular flexibility index (Phi) is 7.22. The molecule has 0 heterocycles. The molecule has 7 heteroatoms. The summed E-state index contributed by atoms with van der Waals surface area (Å²) >= 11 is 0. The van der Waals surface area contributed by atoms with E-state index in [1.54, 1.807) is 0 Å². The second kappa shape index (κ2) is 9.42. The van der Waals surface area contributed by atoms with Crippen LogP contribution in [0.15, 0.2) is 30.3 Å². The fourth-order valence-corrected chi connectivity index (χ4v) is 2.34. The maximum absolute atomic E-state index is 11.8. The van der Waals surface area contributed by atoms with Gasteiger partial charge in [0.1, 0.15) is 13.2 Å². The number of nitrogens with one attached hydrogen (secondary N) is 2. The lowest BCUT2D eigenvalue weighted by Crippen LogP contribution is -2.53. The first kappa shape index (κ1) is 17.6. The third-order valence-electron chi connectivity index (χ3n) is 3.60. The minimum Gasteiger partial charge on any atom is -0.445 e. The Labute approximate surface area is 134 Å². The van der Waals surface area contributed by atoms with Gasteiger partial charge in [-0.1, -0.05) is 30.3 Å². The topological polar surface area (TPSA) is 59.6 Å². The van der Waals surface area contributed by atoms with Gasteiger partial charge in [-0.25, -0.2) is 13.6 Å². The summed E-state index contributed by atoms with van der Waals surface area (Å²) in [6, 6.07) is 9.86. The normalized spacial score (nSPS) is 20.1. The average Bonchev–Trinajstić information content (AvgIpc) is 2.50. The Balaban J connectivity index is 1.48. The van der Waals surface area contributed by atoms with Crippen molar-refractivity contribution in [3.8, 4) is 0 Å². The smallest absolute Gasteiger partial charge is 0.407 e. The third-order valence-corrected chi connectivity index (χ3v) is 3.60. The van der Waals surface area contributed by atoms with Crippen molar-refractivity contribution in [2.75, 3.05) is 19.8 Å². The minimum atomic E-state index is -2.42. The highest BCUT2D eigenvalue weighted by Crippen LogP contribution is 2.19. The van der Waals surface area contributed by atoms with Gasteiger partial charge in [0.15, 0.2) is 0 Å². The molecule has 1 aromatic rings. The molecule has 0 atom stereocenters. The van der Waals surface area contributed by atoms with Crippen LogP contribution in [0.2, 0.25) is 0 Å². The summed E-state index contributed by atoms with van der Waals surface area (Å²) in [5, 5.41) is 5.99. The number of halogens is 2. The number of hydrogen-bond acceptors (Lipinski definition) is 4. The zero-order chi connectivity index (χ0) is 16.5. The van der Waals surface area contributed by atoms with Crippen LogP contribution < -0.4 is 10.6 Å². The van der Waals surface area contributed by atoms with E-state index in [1.807, 2.05) is 30.3 Å². The first-order valence-electron chi connectivity index (χ1n) is 7.70. The van der Waals surface area contributed by atoms with Crippen LogP contribution in [0, 0.1) is 0 Å². The van der Waals surface area contributed by atoms with Crippen molar-refractivity contribution >= 4 is 6.09 Å². The van der Waals surface area contributed by atoms with E-state index in [0.717, 1.165) is 18.4 Å². The summed E-state index contributed by atoms with van der Waals surface area (Å²) in [7, 11) is 0. The zero-order valence-electron chi connectivity index (χ0n) is 12.8. The van der Waals surface area contributed by atoms with Crippen molar-refractivity contribution in [2.24, 2.45) is 0 Å². The van der Waals surface area contributed by atoms with Crippen molar-refractivity contribution in [3.63, 3.8) is 0 Å². The van der Waals surface area contributed by atoms with Crippen LogP contribution in [0.3, 0.4) is 0 Å². The first-order valence-corrected chi connectivity index (χ1v) is 7.70. The van der Waals surface area contributed by atoms with E-state index < -0.39 is 19.1 Å². The van der Waals surface area contributed by atoms with Crippen molar-refractivity contribution in [1.82, 2.24) is 10.6 Å². The largest absolute Gasteiger partial charge is 0.445 e. The second-order valence-electron chi connectivity index (χ2n) is 5.49. The number of ether oxygens (including phenoxy) is 2. The summed E-state index contributed by atoms with van der Waals surface area (Å²) in [5.74, 6) is 0. The van der Waals surface area contributed by atoms with Crippen molar-refractivity contribution in [3.05, 3.63) is 35.9 Å². The lowest BCUT2D eigenvalue weighted by atomic mass is 9.87. The van der Waals surface area contributed by atoms with Gasteiger partial charge >= 0.3 is 6.09 Å². The van der Waals surface area contributed by atoms with Gasteiger partial charge in [-0.05, 0) is 18.4 Å². The standard InChI is InChI=1S/C16H22F2N2O3/c17-15(18)11-22-7-6-19-13-8-14(9-13)20-16(21)23-10-12-4-2-1-3-5-12/h1-5,13-15,19H,6-11H2,(H,20,21). The molecule has 128 valence electrons. The number of hydrogen-bond donors (Lipinski definition) is 2. The van der Waals surface area contributed by atoms with Crippen LogP contribution in [-0.2, 0) is 16.1 Å². The molecule has 2 N–H and O–H groups in total. The molecule has 1 saturated carbocycles. The fraction of sp³-hybridized carbons (Fsp3) is 0.562. The molecular weight excluding hydrogens is 306 g/mol. The van der Waals surface area contributed by atoms with Gasteiger partial charge in [-0.15, -0.1) is 0 Å². The number of carbonyl (C=O) groups is 1. The molecular formula is C16H22F2N2O3. The van der Waals surface area contributed by atoms with Gasteiger partial charge in [0, 0.05) is 18.6 Å². The molecule has 1 aromatic carbocycles. The number of rotatable bonds is 9. The summed E-state index contributed by atoms with van der Waals surface area (Å²) in [4.78, 5) is 11.6. The van der Waals surface area contributed by atoms with E-state index in [-0.39, 0.29) is 25.3 Å². The number of benzene rings is 1. The predicted molar refractivity (Wildman–Crippen MR) is 81.4 cm³/mol. The van der Waals surface area contributed by atoms with E-state index in [2.05, 4.69) is 10.6 Å². The monoisotopic (exact) mass is 328 g/mol. The first-order chi connectivity index (χ1) is 11.1. The van der Waals surface area contributed by atoms with Gasteiger partial charge in [-0.2, -0.15) is 0 Å². The summed E-state index contributed by atoms with van der Waals surface area (Å²) < 4.78 is 33.6. The highest BCUT2D eigenvalue weighted by atomic mass is 19.3. The van der Waals surface area contributed by atoms with Crippen LogP contribution in [0.1, 0.15) is 18.4 Å². The van der Waals surface area contributed by atoms with Gasteiger partial charge in [-0.3, -0.25) is 0 Å². The van der Waals surface area contributed by atoms with Gasteiger partial charge in [0.05, 0.1) is 6.61 Å². The maximum Gasteiger partial charge on any atom is 0.407 e. The fourth-order valence-electron chi connectivity index (χ4n) is 2.34. The van der Waals surface area contributed by atoms with Crippen LogP contribution in [0.25, 0.3) is 0 Å². The number of carbonyl (C=O) groups excluding carboxylic acids is 1. The molecule has 0 spiro atoms. The molecule has 0 aliphatic heterocycles. The summed E-state index contributed by atoms with van der Waals surface area (Å²) in [5.41, 5.74) is 0.944. The zero-order valence-corrected chi connectivity index (χ0v) is 12.8. The summed E-state index contributed by atoms with van der Waals surface area (Å²) in [6.45, 7) is 0.521. The van der Waals surface area contributed by atoms with Crippen LogP contribution in [0.4, 0.5) is 13.6 Å². The molecule has 1 aliphatic rings. The molecule has 1 aliphatic carbocycles. The Hall–Kier alpha value is -1.73. The van der Waals surface area contributed by atoms with Crippen LogP contribution in [-0.4, -0.2) is 44.4 Å². The van der Waals surface area contributed by atoms with Crippen molar-refractivity contribution in [2.45, 2.75) is 38.0 Å². The highest BCUT2D eigenvalue weighted by molar-refractivity contribution is 5.67. The molecule has 0 unspecified atom stereocenters. The molecule has 1 fully saturated rings. The third kappa shape index (κ3) is 6.92. The highest BCUT2D eigenvalue weighted by Gasteiger charge is 2.30. The lowest BCUT2D eigenvalue weighted by molar-refractivity contribution is 0.0173. The van der Waals surface area contributed by atoms with E-state index in [9.17, 15) is 13.6 Å². The van der Waals surface area contributed by atoms with Gasteiger partial charge in [0.25, 0.3) is 6.43 Å². The second-order valence-corrected chi connectivity index (χ2v) is 5.49. The van der Waals surface area contributed by atoms with Crippen molar-refractivity contribution < 1.29 is 23.0 Å². The van der Waals surface area contributed by atoms with Crippen molar-refractivity contribution in [1.29, 1.82) is 0 Å². The minimum absolute atomic E-state index is 0.0951. The summed E-state index contributed by atoms with van der Waals surface area (Å²) in [6.07, 6.45) is -1.24. The van der Waals surface area contributed by atoms with Gasteiger partial charge in [0.2, 0.25) is 0 Å². The number of alkyl halides is 2. The lowest BCUT2D eigenvalue weighted by Gasteiger charge is -2.36. The Bertz CT molecular complexity index is 468. The van der Waals surface area contributed by atoms with Gasteiger partial charge < -0.3 is 20.1 Å². The van der Waals surface area contributed by atoms with E-state index in [1.165, 1.54) is 0 Å². The molecule has 23 heavy (non-hydrogen) atoms. The van der Waals surface area contributed by atoms with E-state index >= 15 is 0 Å². The molecule has 1 amide bonds. The number of alkyl carbamates (subject to hydrolysis) is 1. The molecule has 0 bridgehead atoms. The average molecular weight is 328 g/mol. The molecule has 0 aromatic heterocycles. The molecule has 5 nitrogen and oxygen atoms in total. The Morgan fingerprint density at radius 1 is 1.22 bits per heavy atom. The predicted octanol–water partition coefficient (Wildman–Crippen LogP) is 2.32. The maximum atomic E-state index is 11.8. The number of amides is 1. The quantitative estimate of drug-likeness (QED) is 0.683. The van der Waals surface area contributed by atoms with Crippen LogP contribution in [0.5, 0.6) is 0 Å². The Morgan fingerprint density at radius 2 is 1.96 bits per heavy atom.